The minimum absolute atomic E-state index is 0.0553. The van der Waals surface area contributed by atoms with Gasteiger partial charge in [-0.05, 0) is 43.0 Å². The highest BCUT2D eigenvalue weighted by molar-refractivity contribution is 9.10. The first-order valence-corrected chi connectivity index (χ1v) is 7.74. The maximum Gasteiger partial charge on any atom is 0.220 e. The van der Waals surface area contributed by atoms with Crippen molar-refractivity contribution in [2.24, 2.45) is 5.92 Å². The molecule has 1 aromatic carbocycles. The van der Waals surface area contributed by atoms with Crippen molar-refractivity contribution in [3.8, 4) is 0 Å². The predicted octanol–water partition coefficient (Wildman–Crippen LogP) is 2.80. The second kappa shape index (κ2) is 7.18. The molecule has 0 heterocycles. The quantitative estimate of drug-likeness (QED) is 0.863. The van der Waals surface area contributed by atoms with E-state index in [9.17, 15) is 14.3 Å². The summed E-state index contributed by atoms with van der Waals surface area (Å²) in [6.45, 7) is 0.532. The van der Waals surface area contributed by atoms with Crippen molar-refractivity contribution in [3.05, 3.63) is 34.1 Å². The molecule has 0 aliphatic heterocycles. The molecular weight excluding hydrogens is 325 g/mol. The van der Waals surface area contributed by atoms with Gasteiger partial charge in [0.1, 0.15) is 5.82 Å². The van der Waals surface area contributed by atoms with Gasteiger partial charge in [-0.25, -0.2) is 4.39 Å². The van der Waals surface area contributed by atoms with Crippen LogP contribution in [0.3, 0.4) is 0 Å². The molecule has 20 heavy (non-hydrogen) atoms. The lowest BCUT2D eigenvalue weighted by molar-refractivity contribution is -0.121. The van der Waals surface area contributed by atoms with Gasteiger partial charge in [-0.15, -0.1) is 0 Å². The van der Waals surface area contributed by atoms with E-state index in [1.165, 1.54) is 12.1 Å². The van der Waals surface area contributed by atoms with Gasteiger partial charge in [-0.2, -0.15) is 0 Å². The van der Waals surface area contributed by atoms with Crippen LogP contribution in [0.4, 0.5) is 4.39 Å². The van der Waals surface area contributed by atoms with Gasteiger partial charge in [-0.3, -0.25) is 4.79 Å². The predicted molar refractivity (Wildman–Crippen MR) is 78.8 cm³/mol. The molecule has 0 spiro atoms. The summed E-state index contributed by atoms with van der Waals surface area (Å²) in [6, 6.07) is 4.48. The molecule has 1 fully saturated rings. The number of amides is 1. The summed E-state index contributed by atoms with van der Waals surface area (Å²) in [5.41, 5.74) is 0.793. The van der Waals surface area contributed by atoms with Gasteiger partial charge in [0, 0.05) is 23.4 Å². The first kappa shape index (κ1) is 15.4. The van der Waals surface area contributed by atoms with Gasteiger partial charge in [-0.1, -0.05) is 22.4 Å². The monoisotopic (exact) mass is 343 g/mol. The van der Waals surface area contributed by atoms with Gasteiger partial charge in [0.2, 0.25) is 5.91 Å². The van der Waals surface area contributed by atoms with Crippen LogP contribution in [0.5, 0.6) is 0 Å². The maximum absolute atomic E-state index is 13.1. The van der Waals surface area contributed by atoms with Crippen LogP contribution in [0.15, 0.2) is 22.7 Å². The van der Waals surface area contributed by atoms with Crippen molar-refractivity contribution in [1.29, 1.82) is 0 Å². The first-order chi connectivity index (χ1) is 9.56. The summed E-state index contributed by atoms with van der Waals surface area (Å²) in [4.78, 5) is 11.8. The molecule has 3 nitrogen and oxygen atoms in total. The highest BCUT2D eigenvalue weighted by atomic mass is 79.9. The number of aryl methyl sites for hydroxylation is 1. The van der Waals surface area contributed by atoms with E-state index in [0.717, 1.165) is 29.3 Å². The second-order valence-electron chi connectivity index (χ2n) is 5.30. The Balaban J connectivity index is 1.76. The number of rotatable bonds is 5. The molecule has 0 saturated heterocycles. The molecule has 0 aromatic heterocycles. The second-order valence-corrected chi connectivity index (χ2v) is 6.15. The van der Waals surface area contributed by atoms with Gasteiger partial charge < -0.3 is 10.4 Å². The largest absolute Gasteiger partial charge is 0.393 e. The van der Waals surface area contributed by atoms with Gasteiger partial charge in [0.05, 0.1) is 6.10 Å². The van der Waals surface area contributed by atoms with Crippen molar-refractivity contribution < 1.29 is 14.3 Å². The number of nitrogens with one attached hydrogen (secondary N) is 1. The Morgan fingerprint density at radius 2 is 2.25 bits per heavy atom. The van der Waals surface area contributed by atoms with Crippen molar-refractivity contribution in [2.45, 2.75) is 38.2 Å². The Bertz CT molecular complexity index is 481. The van der Waals surface area contributed by atoms with E-state index in [-0.39, 0.29) is 23.7 Å². The van der Waals surface area contributed by atoms with Crippen LogP contribution >= 0.6 is 15.9 Å². The Hall–Kier alpha value is -0.940. The molecule has 0 bridgehead atoms. The fourth-order valence-corrected chi connectivity index (χ4v) is 3.02. The Morgan fingerprint density at radius 3 is 2.95 bits per heavy atom. The zero-order chi connectivity index (χ0) is 14.5. The number of hydrogen-bond donors (Lipinski definition) is 2. The Kier molecular flexibility index (Phi) is 5.54. The molecule has 2 N–H and O–H groups in total. The molecule has 5 heteroatoms. The summed E-state index contributed by atoms with van der Waals surface area (Å²) in [6.07, 6.45) is 3.36. The van der Waals surface area contributed by atoms with Crippen LogP contribution in [0.25, 0.3) is 0 Å². The lowest BCUT2D eigenvalue weighted by atomic mass is 10.1. The van der Waals surface area contributed by atoms with E-state index in [2.05, 4.69) is 21.2 Å². The van der Waals surface area contributed by atoms with E-state index in [4.69, 9.17) is 0 Å². The molecule has 1 aromatic rings. The molecule has 0 radical (unpaired) electrons. The van der Waals surface area contributed by atoms with Crippen LogP contribution in [0.2, 0.25) is 0 Å². The van der Waals surface area contributed by atoms with Gasteiger partial charge in [0.15, 0.2) is 0 Å². The molecule has 2 atom stereocenters. The van der Waals surface area contributed by atoms with Gasteiger partial charge >= 0.3 is 0 Å². The minimum Gasteiger partial charge on any atom is -0.393 e. The van der Waals surface area contributed by atoms with E-state index in [0.29, 0.717) is 19.4 Å². The van der Waals surface area contributed by atoms with Crippen molar-refractivity contribution in [2.75, 3.05) is 6.54 Å². The summed E-state index contributed by atoms with van der Waals surface area (Å²) in [7, 11) is 0. The highest BCUT2D eigenvalue weighted by Crippen LogP contribution is 2.24. The van der Waals surface area contributed by atoms with E-state index in [1.54, 1.807) is 6.07 Å². The summed E-state index contributed by atoms with van der Waals surface area (Å²) in [5.74, 6) is -0.169. The summed E-state index contributed by atoms with van der Waals surface area (Å²) >= 11 is 3.35. The lowest BCUT2D eigenvalue weighted by Gasteiger charge is -2.15. The van der Waals surface area contributed by atoms with Crippen molar-refractivity contribution >= 4 is 21.8 Å². The van der Waals surface area contributed by atoms with E-state index < -0.39 is 0 Å². The first-order valence-electron chi connectivity index (χ1n) is 6.95. The zero-order valence-electron chi connectivity index (χ0n) is 11.2. The maximum atomic E-state index is 13.1. The summed E-state index contributed by atoms with van der Waals surface area (Å²) < 4.78 is 13.9. The average Bonchev–Trinajstić information content (AvgIpc) is 2.83. The number of aliphatic hydroxyl groups excluding tert-OH is 1. The van der Waals surface area contributed by atoms with Crippen LogP contribution in [-0.2, 0) is 11.2 Å². The van der Waals surface area contributed by atoms with Gasteiger partial charge in [0.25, 0.3) is 0 Å². The minimum atomic E-state index is -0.294. The molecule has 2 rings (SSSR count). The number of aliphatic hydroxyl groups is 1. The molecule has 0 unspecified atom stereocenters. The van der Waals surface area contributed by atoms with Crippen LogP contribution < -0.4 is 5.32 Å². The normalized spacial score (nSPS) is 21.9. The third kappa shape index (κ3) is 4.28. The van der Waals surface area contributed by atoms with Crippen LogP contribution in [0.1, 0.15) is 31.2 Å². The van der Waals surface area contributed by atoms with Crippen molar-refractivity contribution in [1.82, 2.24) is 5.32 Å². The number of benzene rings is 1. The molecule has 1 saturated carbocycles. The molecule has 1 amide bonds. The SMILES string of the molecule is O=C(CCc1cc(F)ccc1Br)NC[C@H]1CCC[C@H]1O. The van der Waals surface area contributed by atoms with E-state index in [1.807, 2.05) is 0 Å². The summed E-state index contributed by atoms with van der Waals surface area (Å²) in [5, 5.41) is 12.5. The fraction of sp³-hybridized carbons (Fsp3) is 0.533. The number of carbonyl (C=O) groups is 1. The third-order valence-electron chi connectivity index (χ3n) is 3.81. The standard InChI is InChI=1S/C15H19BrFNO2/c16-13-6-5-12(17)8-10(13)4-7-15(20)18-9-11-2-1-3-14(11)19/h5-6,8,11,14,19H,1-4,7,9H2,(H,18,20)/t11-,14-/m1/s1. The van der Waals surface area contributed by atoms with Crippen LogP contribution in [-0.4, -0.2) is 23.7 Å². The Labute approximate surface area is 126 Å². The molecule has 110 valence electrons. The van der Waals surface area contributed by atoms with Crippen LogP contribution in [0, 0.1) is 11.7 Å². The molecule has 1 aliphatic carbocycles. The molecule has 1 aliphatic rings. The lowest BCUT2D eigenvalue weighted by Crippen LogP contribution is -2.32. The molecular formula is C15H19BrFNO2. The fourth-order valence-electron chi connectivity index (χ4n) is 2.57. The zero-order valence-corrected chi connectivity index (χ0v) is 12.8. The Morgan fingerprint density at radius 1 is 1.45 bits per heavy atom. The van der Waals surface area contributed by atoms with Crippen molar-refractivity contribution in [3.63, 3.8) is 0 Å². The highest BCUT2D eigenvalue weighted by Gasteiger charge is 2.25. The van der Waals surface area contributed by atoms with E-state index >= 15 is 0 Å². The third-order valence-corrected chi connectivity index (χ3v) is 4.58. The average molecular weight is 344 g/mol. The number of halogens is 2. The number of carbonyl (C=O) groups excluding carboxylic acids is 1. The smallest absolute Gasteiger partial charge is 0.220 e. The number of hydrogen-bond acceptors (Lipinski definition) is 2. The topological polar surface area (TPSA) is 49.3 Å².